The normalized spacial score (nSPS) is 11.0. The molecular weight excluding hydrogens is 448 g/mol. The lowest BCUT2D eigenvalue weighted by Crippen LogP contribution is -1.97. The third-order valence-corrected chi connectivity index (χ3v) is 6.27. The van der Waals surface area contributed by atoms with E-state index in [4.69, 9.17) is 4.74 Å². The molecule has 3 nitrogen and oxygen atoms in total. The standard InChI is InChI=1S/C24H19BrO3S/c25-22-14-20(23(29-22)17-10-12-18(13-11-17)24(26)27)19-8-4-5-9-21(19)28-15-16-6-2-1-3-7-16/h1-14,24,26-27H,15H2. The molecule has 0 fully saturated rings. The van der Waals surface area contributed by atoms with Gasteiger partial charge in [-0.05, 0) is 39.2 Å². The van der Waals surface area contributed by atoms with Crippen LogP contribution in [0, 0.1) is 0 Å². The average Bonchev–Trinajstić information content (AvgIpc) is 3.15. The molecule has 3 aromatic carbocycles. The molecule has 0 aliphatic carbocycles. The summed E-state index contributed by atoms with van der Waals surface area (Å²) in [6.45, 7) is 0.502. The van der Waals surface area contributed by atoms with Gasteiger partial charge in [0.2, 0.25) is 0 Å². The number of benzene rings is 3. The van der Waals surface area contributed by atoms with Crippen LogP contribution < -0.4 is 4.74 Å². The molecule has 1 aromatic heterocycles. The Labute approximate surface area is 182 Å². The average molecular weight is 467 g/mol. The predicted molar refractivity (Wildman–Crippen MR) is 121 cm³/mol. The monoisotopic (exact) mass is 466 g/mol. The van der Waals surface area contributed by atoms with Gasteiger partial charge in [-0.1, -0.05) is 72.8 Å². The summed E-state index contributed by atoms with van der Waals surface area (Å²) in [6, 6.07) is 27.5. The maximum absolute atomic E-state index is 9.35. The molecule has 0 saturated heterocycles. The van der Waals surface area contributed by atoms with Gasteiger partial charge in [0.05, 0.1) is 3.79 Å². The van der Waals surface area contributed by atoms with Crippen LogP contribution in [-0.4, -0.2) is 10.2 Å². The van der Waals surface area contributed by atoms with Gasteiger partial charge in [0.1, 0.15) is 12.4 Å². The van der Waals surface area contributed by atoms with Gasteiger partial charge in [-0.25, -0.2) is 0 Å². The Hall–Kier alpha value is -2.44. The zero-order valence-electron chi connectivity index (χ0n) is 15.5. The Morgan fingerprint density at radius 3 is 2.24 bits per heavy atom. The molecule has 0 bridgehead atoms. The van der Waals surface area contributed by atoms with E-state index >= 15 is 0 Å². The topological polar surface area (TPSA) is 49.7 Å². The molecule has 4 rings (SSSR count). The van der Waals surface area contributed by atoms with E-state index in [1.165, 1.54) is 0 Å². The summed E-state index contributed by atoms with van der Waals surface area (Å²) in [7, 11) is 0. The van der Waals surface area contributed by atoms with Gasteiger partial charge in [0.15, 0.2) is 6.29 Å². The van der Waals surface area contributed by atoms with Crippen LogP contribution in [0.15, 0.2) is 88.7 Å². The largest absolute Gasteiger partial charge is 0.488 e. The van der Waals surface area contributed by atoms with Crippen molar-refractivity contribution >= 4 is 27.3 Å². The number of ether oxygens (including phenoxy) is 1. The fourth-order valence-corrected chi connectivity index (χ4v) is 4.75. The maximum atomic E-state index is 9.35. The summed E-state index contributed by atoms with van der Waals surface area (Å²) in [5.41, 5.74) is 4.69. The van der Waals surface area contributed by atoms with Gasteiger partial charge in [-0.2, -0.15) is 0 Å². The van der Waals surface area contributed by atoms with Crippen molar-refractivity contribution in [1.29, 1.82) is 0 Å². The molecule has 0 saturated carbocycles. The second kappa shape index (κ2) is 8.93. The lowest BCUT2D eigenvalue weighted by atomic mass is 10.0. The number of rotatable bonds is 6. The third-order valence-electron chi connectivity index (χ3n) is 4.59. The second-order valence-electron chi connectivity index (χ2n) is 6.56. The Morgan fingerprint density at radius 1 is 0.828 bits per heavy atom. The number of aliphatic hydroxyl groups is 2. The quantitative estimate of drug-likeness (QED) is 0.323. The smallest absolute Gasteiger partial charge is 0.178 e. The Kier molecular flexibility index (Phi) is 6.11. The summed E-state index contributed by atoms with van der Waals surface area (Å²) < 4.78 is 7.17. The van der Waals surface area contributed by atoms with Crippen LogP contribution in [0.1, 0.15) is 17.4 Å². The molecule has 5 heteroatoms. The summed E-state index contributed by atoms with van der Waals surface area (Å²) in [5, 5.41) is 18.7. The van der Waals surface area contributed by atoms with Gasteiger partial charge in [-0.15, -0.1) is 11.3 Å². The lowest BCUT2D eigenvalue weighted by Gasteiger charge is -2.13. The van der Waals surface area contributed by atoms with Crippen LogP contribution in [0.4, 0.5) is 0 Å². The van der Waals surface area contributed by atoms with Crippen molar-refractivity contribution in [3.8, 4) is 27.3 Å². The minimum absolute atomic E-state index is 0.470. The fourth-order valence-electron chi connectivity index (χ4n) is 3.13. The molecule has 2 N–H and O–H groups in total. The van der Waals surface area contributed by atoms with E-state index in [0.717, 1.165) is 36.7 Å². The van der Waals surface area contributed by atoms with E-state index in [0.29, 0.717) is 12.2 Å². The molecule has 0 amide bonds. The van der Waals surface area contributed by atoms with E-state index < -0.39 is 6.29 Å². The summed E-state index contributed by atoms with van der Waals surface area (Å²) >= 11 is 5.25. The van der Waals surface area contributed by atoms with Crippen LogP contribution >= 0.6 is 27.3 Å². The van der Waals surface area contributed by atoms with Crippen molar-refractivity contribution in [2.24, 2.45) is 0 Å². The lowest BCUT2D eigenvalue weighted by molar-refractivity contribution is -0.0424. The molecule has 0 aliphatic rings. The first-order valence-electron chi connectivity index (χ1n) is 9.14. The number of thiophene rings is 1. The fraction of sp³-hybridized carbons (Fsp3) is 0.0833. The number of hydrogen-bond donors (Lipinski definition) is 2. The highest BCUT2D eigenvalue weighted by Gasteiger charge is 2.16. The molecule has 1 heterocycles. The predicted octanol–water partition coefficient (Wildman–Crippen LogP) is 6.41. The number of aliphatic hydroxyl groups excluding tert-OH is 1. The zero-order chi connectivity index (χ0) is 20.2. The van der Waals surface area contributed by atoms with Crippen LogP contribution in [0.5, 0.6) is 5.75 Å². The van der Waals surface area contributed by atoms with Crippen molar-refractivity contribution in [2.45, 2.75) is 12.9 Å². The second-order valence-corrected chi connectivity index (χ2v) is 8.99. The molecule has 0 aliphatic heterocycles. The van der Waals surface area contributed by atoms with Gasteiger partial charge < -0.3 is 14.9 Å². The molecule has 4 aromatic rings. The van der Waals surface area contributed by atoms with Crippen LogP contribution in [0.2, 0.25) is 0 Å². The molecule has 146 valence electrons. The van der Waals surface area contributed by atoms with Gasteiger partial charge in [0, 0.05) is 21.6 Å². The number of hydrogen-bond acceptors (Lipinski definition) is 4. The van der Waals surface area contributed by atoms with Crippen molar-refractivity contribution in [3.05, 3.63) is 99.8 Å². The van der Waals surface area contributed by atoms with Crippen molar-refractivity contribution in [3.63, 3.8) is 0 Å². The van der Waals surface area contributed by atoms with E-state index in [1.54, 1.807) is 23.5 Å². The first-order chi connectivity index (χ1) is 14.1. The van der Waals surface area contributed by atoms with Gasteiger partial charge >= 0.3 is 0 Å². The number of halogens is 1. The Morgan fingerprint density at radius 2 is 1.52 bits per heavy atom. The minimum atomic E-state index is -1.47. The van der Waals surface area contributed by atoms with Crippen LogP contribution in [0.3, 0.4) is 0 Å². The molecule has 0 spiro atoms. The highest BCUT2D eigenvalue weighted by atomic mass is 79.9. The minimum Gasteiger partial charge on any atom is -0.488 e. The Balaban J connectivity index is 1.69. The first kappa shape index (κ1) is 19.9. The third kappa shape index (κ3) is 4.60. The van der Waals surface area contributed by atoms with Crippen molar-refractivity contribution < 1.29 is 14.9 Å². The van der Waals surface area contributed by atoms with E-state index in [2.05, 4.69) is 28.1 Å². The molecular formula is C24H19BrO3S. The summed E-state index contributed by atoms with van der Waals surface area (Å²) in [5.74, 6) is 0.824. The van der Waals surface area contributed by atoms with E-state index in [1.807, 2.05) is 60.7 Å². The van der Waals surface area contributed by atoms with Gasteiger partial charge in [0.25, 0.3) is 0 Å². The maximum Gasteiger partial charge on any atom is 0.178 e. The molecule has 0 atom stereocenters. The van der Waals surface area contributed by atoms with Crippen LogP contribution in [0.25, 0.3) is 21.6 Å². The highest BCUT2D eigenvalue weighted by Crippen LogP contribution is 2.44. The first-order valence-corrected chi connectivity index (χ1v) is 10.7. The summed E-state index contributed by atoms with van der Waals surface area (Å²) in [6.07, 6.45) is -1.47. The molecule has 0 radical (unpaired) electrons. The molecule has 0 unspecified atom stereocenters. The van der Waals surface area contributed by atoms with Gasteiger partial charge in [-0.3, -0.25) is 0 Å². The summed E-state index contributed by atoms with van der Waals surface area (Å²) in [4.78, 5) is 1.09. The SMILES string of the molecule is OC(O)c1ccc(-c2sc(Br)cc2-c2ccccc2OCc2ccccc2)cc1. The van der Waals surface area contributed by atoms with E-state index in [9.17, 15) is 10.2 Å². The van der Waals surface area contributed by atoms with Crippen molar-refractivity contribution in [2.75, 3.05) is 0 Å². The van der Waals surface area contributed by atoms with Crippen molar-refractivity contribution in [1.82, 2.24) is 0 Å². The van der Waals surface area contributed by atoms with Crippen LogP contribution in [-0.2, 0) is 6.61 Å². The Bertz CT molecular complexity index is 1090. The highest BCUT2D eigenvalue weighted by molar-refractivity contribution is 9.11. The number of para-hydroxylation sites is 1. The molecule has 29 heavy (non-hydrogen) atoms. The zero-order valence-corrected chi connectivity index (χ0v) is 17.9. The van der Waals surface area contributed by atoms with E-state index in [-0.39, 0.29) is 0 Å².